The molecule has 0 amide bonds. The van der Waals surface area contributed by atoms with E-state index in [-0.39, 0.29) is 10.6 Å². The molecule has 0 bridgehead atoms. The van der Waals surface area contributed by atoms with Crippen molar-refractivity contribution in [2.75, 3.05) is 31.7 Å². The van der Waals surface area contributed by atoms with Crippen molar-refractivity contribution in [1.29, 1.82) is 0 Å². The predicted molar refractivity (Wildman–Crippen MR) is 72.7 cm³/mol. The summed E-state index contributed by atoms with van der Waals surface area (Å²) in [7, 11) is 1.63. The SMILES string of the molecule is C=CCN(CCOC)c1ccc(C(=O)O)c(Cl)c1. The minimum absolute atomic E-state index is 0.103. The molecule has 0 fully saturated rings. The zero-order valence-electron chi connectivity index (χ0n) is 10.2. The van der Waals surface area contributed by atoms with Gasteiger partial charge in [0, 0.05) is 25.9 Å². The van der Waals surface area contributed by atoms with Crippen LogP contribution in [0.25, 0.3) is 0 Å². The molecule has 0 saturated heterocycles. The van der Waals surface area contributed by atoms with Crippen LogP contribution in [0.15, 0.2) is 30.9 Å². The summed E-state index contributed by atoms with van der Waals surface area (Å²) < 4.78 is 5.03. The first-order chi connectivity index (χ1) is 8.60. The lowest BCUT2D eigenvalue weighted by Crippen LogP contribution is -2.27. The van der Waals surface area contributed by atoms with Crippen LogP contribution < -0.4 is 4.90 Å². The Morgan fingerprint density at radius 3 is 2.83 bits per heavy atom. The number of hydrogen-bond acceptors (Lipinski definition) is 3. The first-order valence-corrected chi connectivity index (χ1v) is 5.85. The van der Waals surface area contributed by atoms with Crippen molar-refractivity contribution < 1.29 is 14.6 Å². The zero-order valence-corrected chi connectivity index (χ0v) is 11.0. The molecule has 1 rings (SSSR count). The molecule has 0 heterocycles. The average Bonchev–Trinajstić information content (AvgIpc) is 2.33. The molecule has 0 aliphatic carbocycles. The normalized spacial score (nSPS) is 10.1. The molecule has 0 spiro atoms. The highest BCUT2D eigenvalue weighted by atomic mass is 35.5. The van der Waals surface area contributed by atoms with Crippen molar-refractivity contribution >= 4 is 23.3 Å². The van der Waals surface area contributed by atoms with Crippen molar-refractivity contribution in [3.63, 3.8) is 0 Å². The molecule has 98 valence electrons. The second kappa shape index (κ2) is 7.03. The van der Waals surface area contributed by atoms with Gasteiger partial charge in [-0.2, -0.15) is 0 Å². The molecule has 1 aromatic carbocycles. The maximum atomic E-state index is 10.9. The van der Waals surface area contributed by atoms with Crippen LogP contribution in [0.5, 0.6) is 0 Å². The third kappa shape index (κ3) is 3.75. The van der Waals surface area contributed by atoms with Gasteiger partial charge in [0.15, 0.2) is 0 Å². The minimum atomic E-state index is -1.03. The first kappa shape index (κ1) is 14.5. The van der Waals surface area contributed by atoms with Crippen molar-refractivity contribution in [3.05, 3.63) is 41.4 Å². The van der Waals surface area contributed by atoms with Gasteiger partial charge in [-0.05, 0) is 18.2 Å². The number of anilines is 1. The van der Waals surface area contributed by atoms with E-state index in [1.54, 1.807) is 25.3 Å². The lowest BCUT2D eigenvalue weighted by molar-refractivity contribution is 0.0697. The van der Waals surface area contributed by atoms with Gasteiger partial charge in [0.25, 0.3) is 0 Å². The number of carbonyl (C=O) groups is 1. The van der Waals surface area contributed by atoms with Crippen LogP contribution in [0.4, 0.5) is 5.69 Å². The molecule has 0 saturated carbocycles. The van der Waals surface area contributed by atoms with E-state index in [2.05, 4.69) is 6.58 Å². The van der Waals surface area contributed by atoms with Gasteiger partial charge in [-0.15, -0.1) is 6.58 Å². The van der Waals surface area contributed by atoms with Crippen LogP contribution in [0.2, 0.25) is 5.02 Å². The largest absolute Gasteiger partial charge is 0.478 e. The molecule has 0 aromatic heterocycles. The van der Waals surface area contributed by atoms with Crippen molar-refractivity contribution in [3.8, 4) is 0 Å². The van der Waals surface area contributed by atoms with Gasteiger partial charge >= 0.3 is 5.97 Å². The number of halogens is 1. The number of carboxylic acids is 1. The van der Waals surface area contributed by atoms with Crippen LogP contribution >= 0.6 is 11.6 Å². The van der Waals surface area contributed by atoms with Gasteiger partial charge < -0.3 is 14.7 Å². The van der Waals surface area contributed by atoms with Gasteiger partial charge in [0.2, 0.25) is 0 Å². The highest BCUT2D eigenvalue weighted by molar-refractivity contribution is 6.33. The minimum Gasteiger partial charge on any atom is -0.478 e. The average molecular weight is 270 g/mol. The zero-order chi connectivity index (χ0) is 13.5. The molecule has 4 nitrogen and oxygen atoms in total. The maximum Gasteiger partial charge on any atom is 0.337 e. The van der Waals surface area contributed by atoms with Crippen LogP contribution in [0, 0.1) is 0 Å². The number of benzene rings is 1. The van der Waals surface area contributed by atoms with Gasteiger partial charge in [0.1, 0.15) is 0 Å². The van der Waals surface area contributed by atoms with E-state index in [1.165, 1.54) is 6.07 Å². The number of ether oxygens (including phenoxy) is 1. The smallest absolute Gasteiger partial charge is 0.337 e. The molecule has 5 heteroatoms. The first-order valence-electron chi connectivity index (χ1n) is 5.47. The standard InChI is InChI=1S/C13H16ClNO3/c1-3-6-15(7-8-18-2)10-4-5-11(13(16)17)12(14)9-10/h3-5,9H,1,6-8H2,2H3,(H,16,17). The molecule has 1 N–H and O–H groups in total. The number of rotatable bonds is 7. The van der Waals surface area contributed by atoms with E-state index in [0.29, 0.717) is 19.7 Å². The molecule has 0 radical (unpaired) electrons. The number of carboxylic acid groups (broad SMARTS) is 1. The fraction of sp³-hybridized carbons (Fsp3) is 0.308. The third-order valence-electron chi connectivity index (χ3n) is 2.46. The number of aromatic carboxylic acids is 1. The van der Waals surface area contributed by atoms with Crippen LogP contribution in [0.3, 0.4) is 0 Å². The van der Waals surface area contributed by atoms with Crippen molar-refractivity contribution in [2.24, 2.45) is 0 Å². The Morgan fingerprint density at radius 1 is 1.61 bits per heavy atom. The Balaban J connectivity index is 2.94. The summed E-state index contributed by atoms with van der Waals surface area (Å²) in [5.41, 5.74) is 0.952. The van der Waals surface area contributed by atoms with E-state index < -0.39 is 5.97 Å². The lowest BCUT2D eigenvalue weighted by atomic mass is 10.2. The molecule has 0 atom stereocenters. The monoisotopic (exact) mass is 269 g/mol. The summed E-state index contributed by atoms with van der Waals surface area (Å²) in [4.78, 5) is 12.9. The maximum absolute atomic E-state index is 10.9. The summed E-state index contributed by atoms with van der Waals surface area (Å²) in [6.07, 6.45) is 1.77. The second-order valence-corrected chi connectivity index (χ2v) is 4.10. The van der Waals surface area contributed by atoms with E-state index in [4.69, 9.17) is 21.4 Å². The van der Waals surface area contributed by atoms with Crippen LogP contribution in [-0.4, -0.2) is 37.9 Å². The van der Waals surface area contributed by atoms with E-state index >= 15 is 0 Å². The molecule has 1 aromatic rings. The van der Waals surface area contributed by atoms with Crippen LogP contribution in [0.1, 0.15) is 10.4 Å². The Bertz CT molecular complexity index is 434. The topological polar surface area (TPSA) is 49.8 Å². The Hall–Kier alpha value is -1.52. The van der Waals surface area contributed by atoms with E-state index in [9.17, 15) is 4.79 Å². The Kier molecular flexibility index (Phi) is 5.68. The predicted octanol–water partition coefficient (Wildman–Crippen LogP) is 2.68. The second-order valence-electron chi connectivity index (χ2n) is 3.70. The highest BCUT2D eigenvalue weighted by Crippen LogP contribution is 2.23. The van der Waals surface area contributed by atoms with Gasteiger partial charge in [-0.25, -0.2) is 4.79 Å². The van der Waals surface area contributed by atoms with Gasteiger partial charge in [0.05, 0.1) is 17.2 Å². The highest BCUT2D eigenvalue weighted by Gasteiger charge is 2.11. The number of methoxy groups -OCH3 is 1. The lowest BCUT2D eigenvalue weighted by Gasteiger charge is -2.23. The van der Waals surface area contributed by atoms with E-state index in [0.717, 1.165) is 5.69 Å². The summed E-state index contributed by atoms with van der Waals surface area (Å²) in [5, 5.41) is 9.13. The summed E-state index contributed by atoms with van der Waals surface area (Å²) in [6, 6.07) is 4.88. The fourth-order valence-electron chi connectivity index (χ4n) is 1.56. The molecule has 0 unspecified atom stereocenters. The van der Waals surface area contributed by atoms with E-state index in [1.807, 2.05) is 4.90 Å². The van der Waals surface area contributed by atoms with Gasteiger partial charge in [-0.3, -0.25) is 0 Å². The molecule has 0 aliphatic rings. The summed E-state index contributed by atoms with van der Waals surface area (Å²) >= 11 is 5.94. The molecule has 18 heavy (non-hydrogen) atoms. The summed E-state index contributed by atoms with van der Waals surface area (Å²) in [5.74, 6) is -1.03. The van der Waals surface area contributed by atoms with Gasteiger partial charge in [-0.1, -0.05) is 17.7 Å². The van der Waals surface area contributed by atoms with Crippen molar-refractivity contribution in [1.82, 2.24) is 0 Å². The van der Waals surface area contributed by atoms with Crippen LogP contribution in [-0.2, 0) is 4.74 Å². The molecular weight excluding hydrogens is 254 g/mol. The van der Waals surface area contributed by atoms with Crippen molar-refractivity contribution in [2.45, 2.75) is 0 Å². The third-order valence-corrected chi connectivity index (χ3v) is 2.78. The molecule has 0 aliphatic heterocycles. The quantitative estimate of drug-likeness (QED) is 0.773. The fourth-order valence-corrected chi connectivity index (χ4v) is 1.81. The number of nitrogens with zero attached hydrogens (tertiary/aromatic N) is 1. The number of hydrogen-bond donors (Lipinski definition) is 1. The summed E-state index contributed by atoms with van der Waals surface area (Å²) in [6.45, 7) is 5.60. The Labute approximate surface area is 111 Å². The Morgan fingerprint density at radius 2 is 2.33 bits per heavy atom. The molecular formula is C13H16ClNO3.